The van der Waals surface area contributed by atoms with Gasteiger partial charge in [0.2, 0.25) is 0 Å². The van der Waals surface area contributed by atoms with E-state index in [0.717, 1.165) is 10.0 Å². The summed E-state index contributed by atoms with van der Waals surface area (Å²) in [5.41, 5.74) is 1.22. The molecule has 16 heavy (non-hydrogen) atoms. The number of hydrogen-bond donors (Lipinski definition) is 2. The zero-order valence-electron chi connectivity index (χ0n) is 9.40. The number of rotatable bonds is 6. The van der Waals surface area contributed by atoms with Crippen molar-refractivity contribution in [3.8, 4) is 0 Å². The number of nitrogens with zero attached hydrogens (tertiary/aromatic N) is 2. The molecule has 6 heteroatoms. The first-order valence-corrected chi connectivity index (χ1v) is 5.74. The molecule has 0 aliphatic carbocycles. The number of hydrogen-bond acceptors (Lipinski definition) is 3. The topological polar surface area (TPSA) is 67.5 Å². The van der Waals surface area contributed by atoms with Gasteiger partial charge in [0.15, 0.2) is 0 Å². The first kappa shape index (κ1) is 13.1. The molecule has 0 aliphatic rings. The molecule has 1 aromatic rings. The van der Waals surface area contributed by atoms with Crippen LogP contribution in [0, 0.1) is 5.41 Å². The summed E-state index contributed by atoms with van der Waals surface area (Å²) in [4.78, 5) is 0. The van der Waals surface area contributed by atoms with Crippen LogP contribution in [0.3, 0.4) is 0 Å². The van der Waals surface area contributed by atoms with E-state index >= 15 is 0 Å². The lowest BCUT2D eigenvalue weighted by Crippen LogP contribution is -2.73. The van der Waals surface area contributed by atoms with E-state index < -0.39 is 0 Å². The summed E-state index contributed by atoms with van der Waals surface area (Å²) in [7, 11) is 3.57. The molecule has 1 heterocycles. The Labute approximate surface area is 103 Å². The van der Waals surface area contributed by atoms with Gasteiger partial charge in [0.1, 0.15) is 6.20 Å². The van der Waals surface area contributed by atoms with Crippen LogP contribution in [0.1, 0.15) is 5.56 Å². The Bertz CT molecular complexity index is 386. The lowest BCUT2D eigenvalue weighted by molar-refractivity contribution is -0.556. The molecule has 0 amide bonds. The molecule has 0 bridgehead atoms. The van der Waals surface area contributed by atoms with Crippen molar-refractivity contribution in [2.24, 2.45) is 0 Å². The first-order chi connectivity index (χ1) is 7.69. The summed E-state index contributed by atoms with van der Waals surface area (Å²) in [6, 6.07) is 0. The predicted molar refractivity (Wildman–Crippen MR) is 65.8 cm³/mol. The number of quaternary nitrogens is 1. The number of halogens is 1. The maximum Gasteiger partial charge on any atom is 0.109 e. The Balaban J connectivity index is 2.70. The quantitative estimate of drug-likeness (QED) is 0.741. The molecule has 1 aromatic heterocycles. The van der Waals surface area contributed by atoms with Crippen LogP contribution in [0.2, 0.25) is 0 Å². The van der Waals surface area contributed by atoms with E-state index in [-0.39, 0.29) is 0 Å². The van der Waals surface area contributed by atoms with Crippen LogP contribution < -0.4 is 5.32 Å². The molecule has 0 saturated carbocycles. The molecule has 0 radical (unpaired) electrons. The highest BCUT2D eigenvalue weighted by atomic mass is 79.9. The van der Waals surface area contributed by atoms with Crippen molar-refractivity contribution < 1.29 is 10.1 Å². The third-order valence-corrected chi connectivity index (χ3v) is 2.66. The summed E-state index contributed by atoms with van der Waals surface area (Å²) in [6.45, 7) is 1.32. The molecule has 0 aliphatic heterocycles. The maximum absolute atomic E-state index is 7.91. The van der Waals surface area contributed by atoms with Gasteiger partial charge in [0.05, 0.1) is 36.6 Å². The van der Waals surface area contributed by atoms with Gasteiger partial charge < -0.3 is 10.1 Å². The zero-order valence-corrected chi connectivity index (χ0v) is 11.0. The zero-order chi connectivity index (χ0) is 12.0. The molecule has 5 nitrogen and oxygen atoms in total. The summed E-state index contributed by atoms with van der Waals surface area (Å²) < 4.78 is 7.48. The molecule has 0 saturated heterocycles. The van der Waals surface area contributed by atoms with Crippen molar-refractivity contribution in [1.82, 2.24) is 9.78 Å². The second-order valence-corrected chi connectivity index (χ2v) is 4.06. The van der Waals surface area contributed by atoms with Gasteiger partial charge in [0, 0.05) is 18.9 Å². The smallest absolute Gasteiger partial charge is 0.109 e. The summed E-state index contributed by atoms with van der Waals surface area (Å²) in [6.07, 6.45) is 5.36. The molecule has 0 fully saturated rings. The van der Waals surface area contributed by atoms with E-state index in [1.165, 1.54) is 0 Å². The summed E-state index contributed by atoms with van der Waals surface area (Å²) >= 11 is 3.35. The normalized spacial score (nSPS) is 11.8. The van der Waals surface area contributed by atoms with Crippen LogP contribution in [-0.4, -0.2) is 36.3 Å². The summed E-state index contributed by atoms with van der Waals surface area (Å²) in [5.74, 6) is 0. The molecular formula is C10H16BrN4O+. The van der Waals surface area contributed by atoms with E-state index in [1.54, 1.807) is 18.0 Å². The van der Waals surface area contributed by atoms with Crippen molar-refractivity contribution in [2.45, 2.75) is 6.54 Å². The van der Waals surface area contributed by atoms with Gasteiger partial charge in [-0.15, -0.1) is 0 Å². The van der Waals surface area contributed by atoms with Gasteiger partial charge in [-0.25, -0.2) is 0 Å². The van der Waals surface area contributed by atoms with E-state index in [4.69, 9.17) is 10.1 Å². The third kappa shape index (κ3) is 3.55. The highest BCUT2D eigenvalue weighted by molar-refractivity contribution is 9.12. The van der Waals surface area contributed by atoms with Gasteiger partial charge in [-0.05, 0) is 15.9 Å². The van der Waals surface area contributed by atoms with E-state index in [0.29, 0.717) is 18.9 Å². The molecular weight excluding hydrogens is 272 g/mol. The Kier molecular flexibility index (Phi) is 5.37. The van der Waals surface area contributed by atoms with Crippen LogP contribution in [0.4, 0.5) is 0 Å². The molecule has 0 atom stereocenters. The molecule has 1 rings (SSSR count). The van der Waals surface area contributed by atoms with Crippen molar-refractivity contribution in [1.29, 1.82) is 5.41 Å². The van der Waals surface area contributed by atoms with Crippen LogP contribution in [0.15, 0.2) is 23.1 Å². The Morgan fingerprint density at radius 2 is 2.50 bits per heavy atom. The number of nitrogens with two attached hydrogens (primary N) is 1. The van der Waals surface area contributed by atoms with Crippen LogP contribution in [0.5, 0.6) is 0 Å². The highest BCUT2D eigenvalue weighted by Gasteiger charge is 2.08. The van der Waals surface area contributed by atoms with Crippen LogP contribution in [-0.2, 0) is 11.3 Å². The number of methoxy groups -OCH3 is 1. The van der Waals surface area contributed by atoms with Crippen molar-refractivity contribution >= 4 is 21.6 Å². The number of aromatic nitrogens is 2. The van der Waals surface area contributed by atoms with Crippen molar-refractivity contribution in [2.75, 3.05) is 20.8 Å². The van der Waals surface area contributed by atoms with Gasteiger partial charge in [0.25, 0.3) is 0 Å². The van der Waals surface area contributed by atoms with Crippen LogP contribution >= 0.6 is 15.9 Å². The monoisotopic (exact) mass is 287 g/mol. The Hall–Kier alpha value is -0.980. The number of nitrogens with one attached hydrogen (secondary N) is 1. The van der Waals surface area contributed by atoms with E-state index in [9.17, 15) is 0 Å². The SMILES string of the molecule is C[NH2+]C=C(Br)C(=N)c1cnn(CCOC)c1. The highest BCUT2D eigenvalue weighted by Crippen LogP contribution is 2.11. The fourth-order valence-electron chi connectivity index (χ4n) is 1.17. The Morgan fingerprint density at radius 3 is 3.12 bits per heavy atom. The van der Waals surface area contributed by atoms with Gasteiger partial charge in [-0.2, -0.15) is 5.10 Å². The minimum Gasteiger partial charge on any atom is -0.383 e. The van der Waals surface area contributed by atoms with Crippen LogP contribution in [0.25, 0.3) is 0 Å². The van der Waals surface area contributed by atoms with E-state index in [1.807, 2.05) is 24.8 Å². The maximum atomic E-state index is 7.91. The van der Waals surface area contributed by atoms with Gasteiger partial charge in [-0.1, -0.05) is 0 Å². The molecule has 0 spiro atoms. The molecule has 88 valence electrons. The lowest BCUT2D eigenvalue weighted by Gasteiger charge is -1.99. The number of ether oxygens (including phenoxy) is 1. The largest absolute Gasteiger partial charge is 0.383 e. The molecule has 0 aromatic carbocycles. The molecule has 3 N–H and O–H groups in total. The minimum absolute atomic E-state index is 0.432. The van der Waals surface area contributed by atoms with E-state index in [2.05, 4.69) is 21.0 Å². The Morgan fingerprint density at radius 1 is 1.75 bits per heavy atom. The first-order valence-electron chi connectivity index (χ1n) is 4.95. The average Bonchev–Trinajstić information content (AvgIpc) is 2.74. The third-order valence-electron chi connectivity index (χ3n) is 2.00. The van der Waals surface area contributed by atoms with Gasteiger partial charge in [-0.3, -0.25) is 10.1 Å². The lowest BCUT2D eigenvalue weighted by atomic mass is 10.2. The standard InChI is InChI=1S/C10H15BrN4O/c1-13-6-9(11)10(12)8-5-14-15(7-8)3-4-16-2/h5-7,12-13H,3-4H2,1-2H3/p+1. The fourth-order valence-corrected chi connectivity index (χ4v) is 1.66. The second-order valence-electron chi connectivity index (χ2n) is 3.21. The number of allylic oxidation sites excluding steroid dienone is 1. The van der Waals surface area contributed by atoms with Crippen molar-refractivity contribution in [3.05, 3.63) is 28.6 Å². The van der Waals surface area contributed by atoms with Crippen molar-refractivity contribution in [3.63, 3.8) is 0 Å². The average molecular weight is 288 g/mol. The predicted octanol–water partition coefficient (Wildman–Crippen LogP) is 0.327. The van der Waals surface area contributed by atoms with Gasteiger partial charge >= 0.3 is 0 Å². The summed E-state index contributed by atoms with van der Waals surface area (Å²) in [5, 5.41) is 13.9. The minimum atomic E-state index is 0.432. The fraction of sp³-hybridized carbons (Fsp3) is 0.400. The molecule has 0 unspecified atom stereocenters. The second kappa shape index (κ2) is 6.57.